The summed E-state index contributed by atoms with van der Waals surface area (Å²) in [5.41, 5.74) is 1.17. The van der Waals surface area contributed by atoms with Gasteiger partial charge in [-0.15, -0.1) is 0 Å². The third kappa shape index (κ3) is 2.95. The van der Waals surface area contributed by atoms with Crippen molar-refractivity contribution < 1.29 is 13.2 Å². The van der Waals surface area contributed by atoms with Gasteiger partial charge in [0.1, 0.15) is 17.5 Å². The van der Waals surface area contributed by atoms with Crippen LogP contribution in [0.5, 0.6) is 0 Å². The number of aryl methyl sites for hydroxylation is 1. The van der Waals surface area contributed by atoms with Crippen LogP contribution in [-0.4, -0.2) is 6.04 Å². The molecule has 3 rings (SSSR count). The largest absolute Gasteiger partial charge is 0.310 e. The van der Waals surface area contributed by atoms with Gasteiger partial charge >= 0.3 is 0 Å². The minimum atomic E-state index is -0.670. The van der Waals surface area contributed by atoms with E-state index < -0.39 is 17.5 Å². The molecule has 0 radical (unpaired) electrons. The number of halogens is 3. The molecule has 0 saturated heterocycles. The van der Waals surface area contributed by atoms with Gasteiger partial charge in [0.25, 0.3) is 0 Å². The van der Waals surface area contributed by atoms with E-state index >= 15 is 0 Å². The summed E-state index contributed by atoms with van der Waals surface area (Å²) in [5, 5.41) is 3.29. The van der Waals surface area contributed by atoms with E-state index in [0.29, 0.717) is 23.7 Å². The van der Waals surface area contributed by atoms with Crippen LogP contribution < -0.4 is 5.32 Å². The van der Waals surface area contributed by atoms with Crippen molar-refractivity contribution in [3.05, 3.63) is 58.9 Å². The second-order valence-corrected chi connectivity index (χ2v) is 5.51. The van der Waals surface area contributed by atoms with E-state index in [4.69, 9.17) is 0 Å². The predicted molar refractivity (Wildman–Crippen MR) is 76.4 cm³/mol. The van der Waals surface area contributed by atoms with Crippen LogP contribution in [0, 0.1) is 24.4 Å². The lowest BCUT2D eigenvalue weighted by Gasteiger charge is -2.13. The molecule has 1 N–H and O–H groups in total. The summed E-state index contributed by atoms with van der Waals surface area (Å²) in [6, 6.07) is 7.17. The Morgan fingerprint density at radius 1 is 1.10 bits per heavy atom. The second kappa shape index (κ2) is 5.53. The van der Waals surface area contributed by atoms with Crippen LogP contribution in [0.15, 0.2) is 30.3 Å². The average Bonchev–Trinajstić information content (AvgIpc) is 3.27. The van der Waals surface area contributed by atoms with Crippen LogP contribution in [0.2, 0.25) is 0 Å². The van der Waals surface area contributed by atoms with E-state index in [1.54, 1.807) is 13.0 Å². The Bertz CT molecular complexity index is 678. The minimum absolute atomic E-state index is 0.151. The number of rotatable bonds is 4. The zero-order valence-corrected chi connectivity index (χ0v) is 11.7. The lowest BCUT2D eigenvalue weighted by molar-refractivity contribution is 0.581. The molecule has 1 nitrogen and oxygen atoms in total. The van der Waals surface area contributed by atoms with E-state index in [2.05, 4.69) is 5.32 Å². The Morgan fingerprint density at radius 2 is 1.86 bits per heavy atom. The third-order valence-corrected chi connectivity index (χ3v) is 3.78. The SMILES string of the molecule is Cc1ccc(F)c(-c2cc(F)ccc2CNC2CC2)c1F. The van der Waals surface area contributed by atoms with Gasteiger partial charge in [-0.3, -0.25) is 0 Å². The summed E-state index contributed by atoms with van der Waals surface area (Å²) < 4.78 is 41.9. The van der Waals surface area contributed by atoms with Crippen molar-refractivity contribution in [1.82, 2.24) is 5.32 Å². The molecule has 4 heteroatoms. The molecular formula is C17H16F3N. The van der Waals surface area contributed by atoms with E-state index in [1.165, 1.54) is 24.3 Å². The first kappa shape index (κ1) is 14.1. The fraction of sp³-hybridized carbons (Fsp3) is 0.294. The number of benzene rings is 2. The Labute approximate surface area is 121 Å². The molecule has 1 aliphatic carbocycles. The highest BCUT2D eigenvalue weighted by atomic mass is 19.1. The lowest BCUT2D eigenvalue weighted by Crippen LogP contribution is -2.16. The van der Waals surface area contributed by atoms with Crippen LogP contribution in [0.3, 0.4) is 0 Å². The maximum atomic E-state index is 14.3. The Kier molecular flexibility index (Phi) is 3.72. The molecule has 1 aliphatic rings. The van der Waals surface area contributed by atoms with Gasteiger partial charge in [0.15, 0.2) is 0 Å². The number of hydrogen-bond donors (Lipinski definition) is 1. The maximum absolute atomic E-state index is 14.3. The smallest absolute Gasteiger partial charge is 0.136 e. The Hall–Kier alpha value is -1.81. The molecule has 0 bridgehead atoms. The van der Waals surface area contributed by atoms with Gasteiger partial charge in [-0.25, -0.2) is 13.2 Å². The molecule has 1 saturated carbocycles. The topological polar surface area (TPSA) is 12.0 Å². The summed E-state index contributed by atoms with van der Waals surface area (Å²) in [5.74, 6) is -1.80. The van der Waals surface area contributed by atoms with Crippen LogP contribution >= 0.6 is 0 Å². The molecule has 0 heterocycles. The highest BCUT2D eigenvalue weighted by molar-refractivity contribution is 5.69. The molecule has 0 spiro atoms. The fourth-order valence-electron chi connectivity index (χ4n) is 2.38. The predicted octanol–water partition coefficient (Wildman–Crippen LogP) is 4.33. The van der Waals surface area contributed by atoms with Gasteiger partial charge in [-0.1, -0.05) is 12.1 Å². The molecule has 0 aliphatic heterocycles. The summed E-state index contributed by atoms with van der Waals surface area (Å²) in [4.78, 5) is 0. The Balaban J connectivity index is 2.07. The first-order valence-corrected chi connectivity index (χ1v) is 7.03. The van der Waals surface area contributed by atoms with Crippen molar-refractivity contribution in [2.45, 2.75) is 32.4 Å². The van der Waals surface area contributed by atoms with Gasteiger partial charge in [0, 0.05) is 12.6 Å². The summed E-state index contributed by atoms with van der Waals surface area (Å²) in [6.45, 7) is 2.05. The summed E-state index contributed by atoms with van der Waals surface area (Å²) in [7, 11) is 0. The normalized spacial score (nSPS) is 14.5. The monoisotopic (exact) mass is 291 g/mol. The van der Waals surface area contributed by atoms with Crippen LogP contribution in [0.25, 0.3) is 11.1 Å². The third-order valence-electron chi connectivity index (χ3n) is 3.78. The van der Waals surface area contributed by atoms with Crippen molar-refractivity contribution in [2.24, 2.45) is 0 Å². The molecule has 110 valence electrons. The molecule has 0 aromatic heterocycles. The molecule has 0 amide bonds. The zero-order chi connectivity index (χ0) is 15.0. The van der Waals surface area contributed by atoms with E-state index in [0.717, 1.165) is 12.8 Å². The lowest BCUT2D eigenvalue weighted by atomic mass is 9.96. The van der Waals surface area contributed by atoms with Crippen LogP contribution in [0.4, 0.5) is 13.2 Å². The van der Waals surface area contributed by atoms with Crippen molar-refractivity contribution in [3.8, 4) is 11.1 Å². The molecule has 21 heavy (non-hydrogen) atoms. The van der Waals surface area contributed by atoms with Gasteiger partial charge in [-0.05, 0) is 54.7 Å². The first-order chi connectivity index (χ1) is 10.1. The molecule has 2 aromatic rings. The highest BCUT2D eigenvalue weighted by Gasteiger charge is 2.22. The van der Waals surface area contributed by atoms with Crippen LogP contribution in [0.1, 0.15) is 24.0 Å². The van der Waals surface area contributed by atoms with Crippen molar-refractivity contribution in [3.63, 3.8) is 0 Å². The van der Waals surface area contributed by atoms with Crippen molar-refractivity contribution in [2.75, 3.05) is 0 Å². The Morgan fingerprint density at radius 3 is 2.57 bits per heavy atom. The van der Waals surface area contributed by atoms with E-state index in [9.17, 15) is 13.2 Å². The highest BCUT2D eigenvalue weighted by Crippen LogP contribution is 2.32. The fourth-order valence-corrected chi connectivity index (χ4v) is 2.38. The van der Waals surface area contributed by atoms with Gasteiger partial charge < -0.3 is 5.32 Å². The summed E-state index contributed by atoms with van der Waals surface area (Å²) >= 11 is 0. The van der Waals surface area contributed by atoms with Crippen molar-refractivity contribution >= 4 is 0 Å². The first-order valence-electron chi connectivity index (χ1n) is 7.03. The average molecular weight is 291 g/mol. The quantitative estimate of drug-likeness (QED) is 0.884. The van der Waals surface area contributed by atoms with Gasteiger partial charge in [0.05, 0.1) is 5.56 Å². The molecule has 0 atom stereocenters. The summed E-state index contributed by atoms with van der Waals surface area (Å²) in [6.07, 6.45) is 2.23. The minimum Gasteiger partial charge on any atom is -0.310 e. The van der Waals surface area contributed by atoms with E-state index in [1.807, 2.05) is 0 Å². The molecule has 0 unspecified atom stereocenters. The van der Waals surface area contributed by atoms with Gasteiger partial charge in [0.2, 0.25) is 0 Å². The maximum Gasteiger partial charge on any atom is 0.136 e. The molecule has 2 aromatic carbocycles. The van der Waals surface area contributed by atoms with Gasteiger partial charge in [-0.2, -0.15) is 0 Å². The molecule has 1 fully saturated rings. The number of hydrogen-bond acceptors (Lipinski definition) is 1. The zero-order valence-electron chi connectivity index (χ0n) is 11.7. The van der Waals surface area contributed by atoms with Crippen LogP contribution in [-0.2, 0) is 6.54 Å². The molecular weight excluding hydrogens is 275 g/mol. The second-order valence-electron chi connectivity index (χ2n) is 5.51. The number of nitrogens with one attached hydrogen (secondary N) is 1. The van der Waals surface area contributed by atoms with Crippen molar-refractivity contribution in [1.29, 1.82) is 0 Å². The standard InChI is InChI=1S/C17H16F3N/c1-10-2-7-15(19)16(17(10)20)14-8-12(18)4-3-11(14)9-21-13-5-6-13/h2-4,7-8,13,21H,5-6,9H2,1H3. The van der Waals surface area contributed by atoms with E-state index in [-0.39, 0.29) is 11.1 Å².